The van der Waals surface area contributed by atoms with Gasteiger partial charge in [0.1, 0.15) is 22.1 Å². The van der Waals surface area contributed by atoms with Crippen molar-refractivity contribution in [2.45, 2.75) is 32.9 Å². The number of thiazole rings is 1. The summed E-state index contributed by atoms with van der Waals surface area (Å²) in [5.41, 5.74) is 0.887. The molecule has 0 saturated carbocycles. The van der Waals surface area contributed by atoms with E-state index in [1.807, 2.05) is 43.5 Å². The second-order valence-corrected chi connectivity index (χ2v) is 7.60. The summed E-state index contributed by atoms with van der Waals surface area (Å²) in [6.07, 6.45) is 0. The Balaban J connectivity index is 1.63. The van der Waals surface area contributed by atoms with Crippen molar-refractivity contribution in [1.29, 1.82) is 0 Å². The SMILES string of the molecule is CCNC(=NCc1csc(-c2ccccc2)n1)NCC(C)(O)c1ccc(C)o1. The molecule has 0 aliphatic carbocycles. The summed E-state index contributed by atoms with van der Waals surface area (Å²) in [5.74, 6) is 1.93. The molecular formula is C21H26N4O2S. The standard InChI is InChI=1S/C21H26N4O2S/c1-4-22-20(24-14-21(3,26)18-11-10-15(2)27-18)23-12-17-13-28-19(25-17)16-8-6-5-7-9-16/h5-11,13,26H,4,12,14H2,1-3H3,(H2,22,23,24). The van der Waals surface area contributed by atoms with E-state index in [0.717, 1.165) is 28.6 Å². The third kappa shape index (κ3) is 5.21. The molecule has 0 fully saturated rings. The third-order valence-corrected chi connectivity index (χ3v) is 5.13. The molecule has 0 aliphatic heterocycles. The summed E-state index contributed by atoms with van der Waals surface area (Å²) in [4.78, 5) is 9.25. The number of benzene rings is 1. The summed E-state index contributed by atoms with van der Waals surface area (Å²) in [6, 6.07) is 13.8. The average molecular weight is 399 g/mol. The van der Waals surface area contributed by atoms with Gasteiger partial charge in [0.15, 0.2) is 5.96 Å². The Morgan fingerprint density at radius 1 is 1.21 bits per heavy atom. The predicted octanol–water partition coefficient (Wildman–Crippen LogP) is 3.67. The van der Waals surface area contributed by atoms with E-state index in [1.54, 1.807) is 24.3 Å². The molecule has 1 atom stereocenters. The van der Waals surface area contributed by atoms with Gasteiger partial charge in [-0.3, -0.25) is 0 Å². The number of aromatic nitrogens is 1. The fourth-order valence-corrected chi connectivity index (χ4v) is 3.48. The van der Waals surface area contributed by atoms with E-state index < -0.39 is 5.60 Å². The van der Waals surface area contributed by atoms with Crippen LogP contribution < -0.4 is 10.6 Å². The van der Waals surface area contributed by atoms with E-state index >= 15 is 0 Å². The summed E-state index contributed by atoms with van der Waals surface area (Å²) in [6.45, 7) is 7.03. The van der Waals surface area contributed by atoms with Gasteiger partial charge in [-0.2, -0.15) is 0 Å². The van der Waals surface area contributed by atoms with Gasteiger partial charge >= 0.3 is 0 Å². The fourth-order valence-electron chi connectivity index (χ4n) is 2.66. The molecule has 0 amide bonds. The highest BCUT2D eigenvalue weighted by Gasteiger charge is 2.27. The minimum atomic E-state index is -1.13. The minimum absolute atomic E-state index is 0.276. The van der Waals surface area contributed by atoms with E-state index in [4.69, 9.17) is 4.42 Å². The van der Waals surface area contributed by atoms with Crippen LogP contribution in [0.15, 0.2) is 57.3 Å². The molecule has 3 N–H and O–H groups in total. The number of nitrogens with zero attached hydrogens (tertiary/aromatic N) is 2. The second kappa shape index (κ2) is 9.03. The molecule has 3 rings (SSSR count). The molecule has 0 aliphatic rings. The zero-order valence-electron chi connectivity index (χ0n) is 16.4. The van der Waals surface area contributed by atoms with E-state index in [9.17, 15) is 5.11 Å². The number of hydrogen-bond donors (Lipinski definition) is 3. The smallest absolute Gasteiger partial charge is 0.191 e. The number of guanidine groups is 1. The lowest BCUT2D eigenvalue weighted by Crippen LogP contribution is -2.44. The maximum Gasteiger partial charge on any atom is 0.191 e. The van der Waals surface area contributed by atoms with Gasteiger partial charge in [0.05, 0.1) is 18.8 Å². The molecule has 28 heavy (non-hydrogen) atoms. The van der Waals surface area contributed by atoms with Crippen LogP contribution in [0, 0.1) is 6.92 Å². The highest BCUT2D eigenvalue weighted by molar-refractivity contribution is 7.13. The zero-order chi connectivity index (χ0) is 20.0. The minimum Gasteiger partial charge on any atom is -0.463 e. The van der Waals surface area contributed by atoms with Gasteiger partial charge < -0.3 is 20.2 Å². The molecule has 1 aromatic carbocycles. The number of aliphatic imine (C=N–C) groups is 1. The topological polar surface area (TPSA) is 82.7 Å². The first-order valence-corrected chi connectivity index (χ1v) is 10.2. The lowest BCUT2D eigenvalue weighted by molar-refractivity contribution is 0.0378. The Hall–Kier alpha value is -2.64. The van der Waals surface area contributed by atoms with Crippen molar-refractivity contribution >= 4 is 17.3 Å². The fraction of sp³-hybridized carbons (Fsp3) is 0.333. The summed E-state index contributed by atoms with van der Waals surface area (Å²) in [7, 11) is 0. The van der Waals surface area contributed by atoms with E-state index in [1.165, 1.54) is 0 Å². The normalized spacial score (nSPS) is 13.9. The van der Waals surface area contributed by atoms with Crippen LogP contribution in [0.5, 0.6) is 0 Å². The molecule has 1 unspecified atom stereocenters. The number of nitrogens with one attached hydrogen (secondary N) is 2. The Kier molecular flexibility index (Phi) is 6.49. The molecule has 2 heterocycles. The molecular weight excluding hydrogens is 372 g/mol. The molecule has 0 bridgehead atoms. The summed E-state index contributed by atoms with van der Waals surface area (Å²) >= 11 is 1.61. The van der Waals surface area contributed by atoms with Crippen LogP contribution in [0.4, 0.5) is 0 Å². The van der Waals surface area contributed by atoms with Gasteiger partial charge in [0.2, 0.25) is 0 Å². The molecule has 6 nitrogen and oxygen atoms in total. The lowest BCUT2D eigenvalue weighted by atomic mass is 10.0. The van der Waals surface area contributed by atoms with Crippen LogP contribution in [-0.2, 0) is 12.1 Å². The number of hydrogen-bond acceptors (Lipinski definition) is 5. The Morgan fingerprint density at radius 2 is 2.00 bits per heavy atom. The van der Waals surface area contributed by atoms with Crippen molar-refractivity contribution < 1.29 is 9.52 Å². The van der Waals surface area contributed by atoms with Crippen LogP contribution >= 0.6 is 11.3 Å². The van der Waals surface area contributed by atoms with E-state index in [0.29, 0.717) is 18.3 Å². The molecule has 0 radical (unpaired) electrons. The van der Waals surface area contributed by atoms with Crippen LogP contribution in [-0.4, -0.2) is 29.1 Å². The van der Waals surface area contributed by atoms with Gasteiger partial charge in [-0.05, 0) is 32.9 Å². The predicted molar refractivity (Wildman–Crippen MR) is 113 cm³/mol. The summed E-state index contributed by atoms with van der Waals surface area (Å²) < 4.78 is 5.56. The zero-order valence-corrected chi connectivity index (χ0v) is 17.2. The van der Waals surface area contributed by atoms with E-state index in [-0.39, 0.29) is 6.54 Å². The summed E-state index contributed by atoms with van der Waals surface area (Å²) in [5, 5.41) is 20.1. The number of aliphatic hydroxyl groups is 1. The number of furan rings is 1. The molecule has 7 heteroatoms. The molecule has 0 spiro atoms. The van der Waals surface area contributed by atoms with Gasteiger partial charge in [-0.25, -0.2) is 9.98 Å². The van der Waals surface area contributed by atoms with Crippen LogP contribution in [0.1, 0.15) is 31.1 Å². The average Bonchev–Trinajstić information content (AvgIpc) is 3.34. The molecule has 0 saturated heterocycles. The number of aryl methyl sites for hydroxylation is 1. The first-order chi connectivity index (χ1) is 13.5. The van der Waals surface area contributed by atoms with Gasteiger partial charge in [-0.15, -0.1) is 11.3 Å². The number of rotatable bonds is 7. The van der Waals surface area contributed by atoms with Crippen molar-refractivity contribution in [2.75, 3.05) is 13.1 Å². The monoisotopic (exact) mass is 398 g/mol. The van der Waals surface area contributed by atoms with Crippen LogP contribution in [0.25, 0.3) is 10.6 Å². The Bertz CT molecular complexity index is 915. The van der Waals surface area contributed by atoms with Crippen LogP contribution in [0.2, 0.25) is 0 Å². The maximum absolute atomic E-state index is 10.7. The third-order valence-electron chi connectivity index (χ3n) is 4.19. The van der Waals surface area contributed by atoms with Gasteiger partial charge in [-0.1, -0.05) is 30.3 Å². The maximum atomic E-state index is 10.7. The van der Waals surface area contributed by atoms with Gasteiger partial charge in [0.25, 0.3) is 0 Å². The van der Waals surface area contributed by atoms with E-state index in [2.05, 4.69) is 32.7 Å². The Morgan fingerprint density at radius 3 is 2.68 bits per heavy atom. The largest absolute Gasteiger partial charge is 0.463 e. The molecule has 148 valence electrons. The van der Waals surface area contributed by atoms with Crippen molar-refractivity contribution in [3.05, 3.63) is 65.1 Å². The first kappa shape index (κ1) is 20.1. The first-order valence-electron chi connectivity index (χ1n) is 9.29. The van der Waals surface area contributed by atoms with Crippen molar-refractivity contribution in [3.8, 4) is 10.6 Å². The van der Waals surface area contributed by atoms with Crippen molar-refractivity contribution in [1.82, 2.24) is 15.6 Å². The van der Waals surface area contributed by atoms with Gasteiger partial charge in [0, 0.05) is 17.5 Å². The quantitative estimate of drug-likeness (QED) is 0.418. The molecule has 2 aromatic heterocycles. The molecule has 3 aromatic rings. The van der Waals surface area contributed by atoms with Crippen molar-refractivity contribution in [3.63, 3.8) is 0 Å². The Labute approximate surface area is 169 Å². The van der Waals surface area contributed by atoms with Crippen LogP contribution in [0.3, 0.4) is 0 Å². The highest BCUT2D eigenvalue weighted by atomic mass is 32.1. The lowest BCUT2D eigenvalue weighted by Gasteiger charge is -2.22. The van der Waals surface area contributed by atoms with Crippen molar-refractivity contribution in [2.24, 2.45) is 4.99 Å². The second-order valence-electron chi connectivity index (χ2n) is 6.74. The highest BCUT2D eigenvalue weighted by Crippen LogP contribution is 2.24.